The number of nitrogens with zero attached hydrogens (tertiary/aromatic N) is 2. The van der Waals surface area contributed by atoms with Crippen LogP contribution in [0.15, 0.2) is 12.1 Å². The van der Waals surface area contributed by atoms with Gasteiger partial charge in [0.25, 0.3) is 11.8 Å². The monoisotopic (exact) mass is 264 g/mol. The van der Waals surface area contributed by atoms with Crippen LogP contribution in [0.5, 0.6) is 0 Å². The molecule has 0 aromatic heterocycles. The highest BCUT2D eigenvalue weighted by atomic mass is 19.2. The Kier molecular flexibility index (Phi) is 2.85. The summed E-state index contributed by atoms with van der Waals surface area (Å²) >= 11 is 0. The van der Waals surface area contributed by atoms with Gasteiger partial charge < -0.3 is 0 Å². The Hall–Kier alpha value is -2.29. The smallest absolute Gasteiger partial charge is 0.263 e. The van der Waals surface area contributed by atoms with E-state index in [1.807, 2.05) is 6.07 Å². The van der Waals surface area contributed by atoms with Crippen LogP contribution in [0.25, 0.3) is 0 Å². The average Bonchev–Trinajstić information content (AvgIpc) is 2.62. The van der Waals surface area contributed by atoms with Crippen LogP contribution in [-0.2, 0) is 0 Å². The third-order valence-corrected chi connectivity index (χ3v) is 3.35. The van der Waals surface area contributed by atoms with Gasteiger partial charge in [0.15, 0.2) is 11.6 Å². The van der Waals surface area contributed by atoms with Gasteiger partial charge in [0.05, 0.1) is 17.2 Å². The summed E-state index contributed by atoms with van der Waals surface area (Å²) < 4.78 is 26.3. The van der Waals surface area contributed by atoms with Gasteiger partial charge in [-0.05, 0) is 25.5 Å². The lowest BCUT2D eigenvalue weighted by Crippen LogP contribution is -2.48. The molecule has 6 heteroatoms. The van der Waals surface area contributed by atoms with Crippen molar-refractivity contribution in [1.29, 1.82) is 5.26 Å². The summed E-state index contributed by atoms with van der Waals surface area (Å²) in [7, 11) is 0. The first kappa shape index (κ1) is 13.1. The van der Waals surface area contributed by atoms with Crippen LogP contribution in [0.1, 0.15) is 41.0 Å². The second-order valence-corrected chi connectivity index (χ2v) is 4.50. The minimum absolute atomic E-state index is 0.209. The van der Waals surface area contributed by atoms with E-state index in [0.717, 1.165) is 4.90 Å². The van der Waals surface area contributed by atoms with Crippen LogP contribution in [0, 0.1) is 23.0 Å². The van der Waals surface area contributed by atoms with Gasteiger partial charge in [0.1, 0.15) is 5.54 Å². The summed E-state index contributed by atoms with van der Waals surface area (Å²) in [5.74, 6) is -3.94. The van der Waals surface area contributed by atoms with Gasteiger partial charge in [-0.2, -0.15) is 5.26 Å². The minimum Gasteiger partial charge on any atom is -0.269 e. The van der Waals surface area contributed by atoms with E-state index in [4.69, 9.17) is 5.26 Å². The molecular weight excluding hydrogens is 254 g/mol. The maximum absolute atomic E-state index is 13.1. The van der Waals surface area contributed by atoms with Crippen LogP contribution in [-0.4, -0.2) is 22.3 Å². The Balaban J connectivity index is 2.60. The fraction of sp³-hybridized carbons (Fsp3) is 0.308. The SMILES string of the molecule is CCC(C)(C#N)N1C(=O)c2cc(F)c(F)cc2C1=O. The highest BCUT2D eigenvalue weighted by molar-refractivity contribution is 6.22. The number of hydrogen-bond donors (Lipinski definition) is 0. The molecule has 1 aliphatic rings. The molecule has 98 valence electrons. The molecule has 19 heavy (non-hydrogen) atoms. The molecule has 1 aliphatic heterocycles. The van der Waals surface area contributed by atoms with E-state index in [-0.39, 0.29) is 17.5 Å². The fourth-order valence-electron chi connectivity index (χ4n) is 1.97. The molecule has 1 aromatic rings. The van der Waals surface area contributed by atoms with Crippen molar-refractivity contribution in [2.45, 2.75) is 25.8 Å². The van der Waals surface area contributed by atoms with Crippen LogP contribution in [0.3, 0.4) is 0 Å². The topological polar surface area (TPSA) is 61.2 Å². The van der Waals surface area contributed by atoms with Crippen molar-refractivity contribution < 1.29 is 18.4 Å². The quantitative estimate of drug-likeness (QED) is 0.770. The Morgan fingerprint density at radius 3 is 1.95 bits per heavy atom. The van der Waals surface area contributed by atoms with Crippen molar-refractivity contribution >= 4 is 11.8 Å². The van der Waals surface area contributed by atoms with Gasteiger partial charge in [0, 0.05) is 0 Å². The molecule has 0 radical (unpaired) electrons. The number of halogens is 2. The van der Waals surface area contributed by atoms with Crippen molar-refractivity contribution in [3.05, 3.63) is 34.9 Å². The highest BCUT2D eigenvalue weighted by Gasteiger charge is 2.46. The lowest BCUT2D eigenvalue weighted by molar-refractivity contribution is 0.0524. The van der Waals surface area contributed by atoms with Crippen molar-refractivity contribution in [1.82, 2.24) is 4.90 Å². The lowest BCUT2D eigenvalue weighted by atomic mass is 9.99. The van der Waals surface area contributed by atoms with Gasteiger partial charge in [-0.25, -0.2) is 8.78 Å². The van der Waals surface area contributed by atoms with Crippen LogP contribution < -0.4 is 0 Å². The number of benzene rings is 1. The van der Waals surface area contributed by atoms with Gasteiger partial charge in [-0.1, -0.05) is 6.92 Å². The predicted molar refractivity (Wildman–Crippen MR) is 61.2 cm³/mol. The van der Waals surface area contributed by atoms with Gasteiger partial charge >= 0.3 is 0 Å². The molecule has 1 atom stereocenters. The number of carbonyl (C=O) groups is 2. The van der Waals surface area contributed by atoms with Crippen LogP contribution >= 0.6 is 0 Å². The molecular formula is C13H10F2N2O2. The Morgan fingerprint density at radius 1 is 1.21 bits per heavy atom. The minimum atomic E-state index is -1.33. The number of hydrogen-bond acceptors (Lipinski definition) is 3. The third kappa shape index (κ3) is 1.70. The number of amides is 2. The Morgan fingerprint density at radius 2 is 1.63 bits per heavy atom. The largest absolute Gasteiger partial charge is 0.269 e. The molecule has 4 nitrogen and oxygen atoms in total. The molecule has 1 aromatic carbocycles. The number of fused-ring (bicyclic) bond motifs is 1. The second-order valence-electron chi connectivity index (χ2n) is 4.50. The first-order valence-corrected chi connectivity index (χ1v) is 5.65. The predicted octanol–water partition coefficient (Wildman–Crippen LogP) is 2.25. The fourth-order valence-corrected chi connectivity index (χ4v) is 1.97. The maximum atomic E-state index is 13.1. The standard InChI is InChI=1S/C13H10F2N2O2/c1-3-13(2,6-16)17-11(18)7-4-9(14)10(15)5-8(7)12(17)19/h4-5H,3H2,1-2H3. The van der Waals surface area contributed by atoms with Gasteiger partial charge in [0.2, 0.25) is 0 Å². The van der Waals surface area contributed by atoms with Gasteiger partial charge in [-0.15, -0.1) is 0 Å². The summed E-state index contributed by atoms with van der Waals surface area (Å²) in [6.45, 7) is 3.08. The van der Waals surface area contributed by atoms with E-state index in [1.165, 1.54) is 6.92 Å². The zero-order chi connectivity index (χ0) is 14.4. The van der Waals surface area contributed by atoms with Crippen LogP contribution in [0.4, 0.5) is 8.78 Å². The molecule has 2 rings (SSSR count). The maximum Gasteiger partial charge on any atom is 0.263 e. The molecule has 0 N–H and O–H groups in total. The zero-order valence-corrected chi connectivity index (χ0v) is 10.3. The van der Waals surface area contributed by atoms with E-state index in [1.54, 1.807) is 6.92 Å². The molecule has 0 aliphatic carbocycles. The molecule has 0 saturated heterocycles. The summed E-state index contributed by atoms with van der Waals surface area (Å²) in [6, 6.07) is 3.28. The highest BCUT2D eigenvalue weighted by Crippen LogP contribution is 2.32. The third-order valence-electron chi connectivity index (χ3n) is 3.35. The van der Waals surface area contributed by atoms with E-state index < -0.39 is 29.0 Å². The summed E-state index contributed by atoms with van der Waals surface area (Å²) in [6.07, 6.45) is 0.222. The van der Waals surface area contributed by atoms with E-state index in [9.17, 15) is 18.4 Å². The lowest BCUT2D eigenvalue weighted by Gasteiger charge is -2.29. The first-order valence-electron chi connectivity index (χ1n) is 5.65. The summed E-state index contributed by atoms with van der Waals surface area (Å²) in [4.78, 5) is 25.0. The molecule has 2 amide bonds. The Labute approximate surface area is 108 Å². The number of rotatable bonds is 2. The number of imide groups is 1. The van der Waals surface area contributed by atoms with E-state index in [2.05, 4.69) is 0 Å². The van der Waals surface area contributed by atoms with Crippen molar-refractivity contribution in [2.75, 3.05) is 0 Å². The van der Waals surface area contributed by atoms with Crippen molar-refractivity contribution in [3.63, 3.8) is 0 Å². The number of nitriles is 1. The Bertz CT molecular complexity index is 595. The van der Waals surface area contributed by atoms with E-state index in [0.29, 0.717) is 12.1 Å². The molecule has 1 heterocycles. The second kappa shape index (κ2) is 4.12. The van der Waals surface area contributed by atoms with E-state index >= 15 is 0 Å². The van der Waals surface area contributed by atoms with Crippen LogP contribution in [0.2, 0.25) is 0 Å². The average molecular weight is 264 g/mol. The number of carbonyl (C=O) groups excluding carboxylic acids is 2. The molecule has 0 bridgehead atoms. The molecule has 1 unspecified atom stereocenters. The zero-order valence-electron chi connectivity index (χ0n) is 10.3. The van der Waals surface area contributed by atoms with Crippen molar-refractivity contribution in [3.8, 4) is 6.07 Å². The normalized spacial score (nSPS) is 17.1. The van der Waals surface area contributed by atoms with Gasteiger partial charge in [-0.3, -0.25) is 14.5 Å². The molecule has 0 spiro atoms. The van der Waals surface area contributed by atoms with Crippen molar-refractivity contribution in [2.24, 2.45) is 0 Å². The molecule has 0 fully saturated rings. The summed E-state index contributed by atoms with van der Waals surface area (Å²) in [5, 5.41) is 9.13. The molecule has 0 saturated carbocycles. The first-order chi connectivity index (χ1) is 8.85. The summed E-state index contributed by atoms with van der Waals surface area (Å²) in [5.41, 5.74) is -1.75.